The van der Waals surface area contributed by atoms with Gasteiger partial charge in [0.15, 0.2) is 5.16 Å². The van der Waals surface area contributed by atoms with Gasteiger partial charge < -0.3 is 4.57 Å². The zero-order valence-electron chi connectivity index (χ0n) is 11.8. The van der Waals surface area contributed by atoms with Crippen LogP contribution in [-0.4, -0.2) is 19.7 Å². The quantitative estimate of drug-likeness (QED) is 0.723. The van der Waals surface area contributed by atoms with Crippen molar-refractivity contribution < 1.29 is 0 Å². The van der Waals surface area contributed by atoms with Crippen molar-refractivity contribution in [3.63, 3.8) is 0 Å². The minimum Gasteiger partial charge on any atom is -0.306 e. The molecule has 4 nitrogen and oxygen atoms in total. The predicted molar refractivity (Wildman–Crippen MR) is 83.3 cm³/mol. The van der Waals surface area contributed by atoms with Crippen molar-refractivity contribution >= 4 is 11.8 Å². The van der Waals surface area contributed by atoms with Crippen LogP contribution in [0.5, 0.6) is 0 Å². The molecule has 21 heavy (non-hydrogen) atoms. The third kappa shape index (κ3) is 3.31. The Morgan fingerprint density at radius 1 is 1.00 bits per heavy atom. The van der Waals surface area contributed by atoms with E-state index in [0.29, 0.717) is 0 Å². The van der Waals surface area contributed by atoms with Gasteiger partial charge in [0.2, 0.25) is 0 Å². The largest absolute Gasteiger partial charge is 0.306 e. The lowest BCUT2D eigenvalue weighted by atomic mass is 10.1. The number of pyridine rings is 1. The summed E-state index contributed by atoms with van der Waals surface area (Å²) < 4.78 is 2.15. The molecule has 3 aromatic rings. The average molecular weight is 296 g/mol. The van der Waals surface area contributed by atoms with E-state index in [4.69, 9.17) is 0 Å². The van der Waals surface area contributed by atoms with E-state index in [1.165, 1.54) is 5.56 Å². The molecule has 5 heteroatoms. The van der Waals surface area contributed by atoms with Gasteiger partial charge in [0.1, 0.15) is 10.9 Å². The van der Waals surface area contributed by atoms with Gasteiger partial charge in [-0.15, -0.1) is 10.2 Å². The van der Waals surface area contributed by atoms with Gasteiger partial charge in [-0.25, -0.2) is 4.98 Å². The molecular weight excluding hydrogens is 280 g/mol. The molecule has 2 heterocycles. The van der Waals surface area contributed by atoms with Crippen molar-refractivity contribution in [3.05, 3.63) is 66.1 Å². The van der Waals surface area contributed by atoms with E-state index in [-0.39, 0.29) is 0 Å². The molecule has 0 unspecified atom stereocenters. The molecule has 0 amide bonds. The van der Waals surface area contributed by atoms with Gasteiger partial charge in [0, 0.05) is 19.2 Å². The Kier molecular flexibility index (Phi) is 4.31. The molecule has 0 atom stereocenters. The van der Waals surface area contributed by atoms with Crippen LogP contribution in [0, 0.1) is 0 Å². The fourth-order valence-corrected chi connectivity index (χ4v) is 3.00. The zero-order valence-corrected chi connectivity index (χ0v) is 12.6. The van der Waals surface area contributed by atoms with Crippen molar-refractivity contribution in [2.75, 3.05) is 0 Å². The minimum absolute atomic E-state index is 0.796. The first-order valence-electron chi connectivity index (χ1n) is 6.91. The highest BCUT2D eigenvalue weighted by Crippen LogP contribution is 2.25. The molecular formula is C16H16N4S. The van der Waals surface area contributed by atoms with E-state index in [2.05, 4.69) is 38.8 Å². The summed E-state index contributed by atoms with van der Waals surface area (Å²) in [4.78, 5) is 4.32. The Labute approximate surface area is 128 Å². The number of benzene rings is 1. The maximum absolute atomic E-state index is 4.34. The molecule has 0 spiro atoms. The molecule has 0 radical (unpaired) electrons. The van der Waals surface area contributed by atoms with Gasteiger partial charge in [-0.1, -0.05) is 36.4 Å². The third-order valence-electron chi connectivity index (χ3n) is 3.15. The van der Waals surface area contributed by atoms with E-state index in [1.54, 1.807) is 18.0 Å². The predicted octanol–water partition coefficient (Wildman–Crippen LogP) is 3.44. The fraction of sp³-hybridized carbons (Fsp3) is 0.188. The minimum atomic E-state index is 0.796. The van der Waals surface area contributed by atoms with Gasteiger partial charge in [-0.05, 0) is 36.4 Å². The molecule has 3 rings (SSSR count). The number of rotatable bonds is 5. The van der Waals surface area contributed by atoms with Crippen LogP contribution in [0.3, 0.4) is 0 Å². The summed E-state index contributed by atoms with van der Waals surface area (Å²) in [5.41, 5.74) is 1.24. The molecule has 106 valence electrons. The lowest BCUT2D eigenvalue weighted by Gasteiger charge is -2.06. The maximum Gasteiger partial charge on any atom is 0.197 e. The first-order chi connectivity index (χ1) is 10.4. The highest BCUT2D eigenvalue weighted by Gasteiger charge is 2.12. The van der Waals surface area contributed by atoms with E-state index >= 15 is 0 Å². The molecule has 0 N–H and O–H groups in total. The molecule has 0 aliphatic heterocycles. The Bertz CT molecular complexity index is 636. The molecule has 0 saturated carbocycles. The number of nitrogens with zero attached hydrogens (tertiary/aromatic N) is 4. The summed E-state index contributed by atoms with van der Waals surface area (Å²) in [7, 11) is 0. The second kappa shape index (κ2) is 6.54. The van der Waals surface area contributed by atoms with E-state index < -0.39 is 0 Å². The topological polar surface area (TPSA) is 43.6 Å². The van der Waals surface area contributed by atoms with Crippen molar-refractivity contribution in [3.8, 4) is 0 Å². The number of hydrogen-bond donors (Lipinski definition) is 0. The molecule has 0 aliphatic carbocycles. The zero-order chi connectivity index (χ0) is 14.5. The summed E-state index contributed by atoms with van der Waals surface area (Å²) in [6.07, 6.45) is 2.59. The monoisotopic (exact) mass is 296 g/mol. The summed E-state index contributed by atoms with van der Waals surface area (Å²) in [6.45, 7) is 2.96. The van der Waals surface area contributed by atoms with Gasteiger partial charge in [0.05, 0.1) is 0 Å². The van der Waals surface area contributed by atoms with Crippen LogP contribution in [0.25, 0.3) is 0 Å². The Balaban J connectivity index is 1.83. The standard InChI is InChI=1S/C16H16N4S/c1-2-20-14(12-13-8-4-3-5-9-13)18-19-16(20)21-15-10-6-7-11-17-15/h3-11H,2,12H2,1H3. The number of hydrogen-bond acceptors (Lipinski definition) is 4. The first kappa shape index (κ1) is 13.8. The van der Waals surface area contributed by atoms with Gasteiger partial charge in [-0.3, -0.25) is 0 Å². The van der Waals surface area contributed by atoms with E-state index in [0.717, 1.165) is 29.0 Å². The van der Waals surface area contributed by atoms with Crippen LogP contribution >= 0.6 is 11.8 Å². The maximum atomic E-state index is 4.34. The van der Waals surface area contributed by atoms with Crippen molar-refractivity contribution in [2.45, 2.75) is 30.1 Å². The molecule has 0 aliphatic rings. The fourth-order valence-electron chi connectivity index (χ4n) is 2.12. The first-order valence-corrected chi connectivity index (χ1v) is 7.73. The lowest BCUT2D eigenvalue weighted by molar-refractivity contribution is 0.651. The Hall–Kier alpha value is -2.14. The molecule has 0 bridgehead atoms. The van der Waals surface area contributed by atoms with Crippen molar-refractivity contribution in [2.24, 2.45) is 0 Å². The van der Waals surface area contributed by atoms with Crippen LogP contribution in [0.15, 0.2) is 64.9 Å². The highest BCUT2D eigenvalue weighted by atomic mass is 32.2. The molecule has 0 saturated heterocycles. The Morgan fingerprint density at radius 2 is 1.81 bits per heavy atom. The smallest absolute Gasteiger partial charge is 0.197 e. The lowest BCUT2D eigenvalue weighted by Crippen LogP contribution is -2.04. The number of aromatic nitrogens is 4. The highest BCUT2D eigenvalue weighted by molar-refractivity contribution is 7.99. The van der Waals surface area contributed by atoms with E-state index in [9.17, 15) is 0 Å². The second-order valence-electron chi connectivity index (χ2n) is 4.58. The average Bonchev–Trinajstić information content (AvgIpc) is 2.91. The molecule has 0 fully saturated rings. The SMILES string of the molecule is CCn1c(Cc2ccccc2)nnc1Sc1ccccn1. The summed E-state index contributed by atoms with van der Waals surface area (Å²) >= 11 is 1.55. The van der Waals surface area contributed by atoms with Gasteiger partial charge in [0.25, 0.3) is 0 Å². The molecule has 2 aromatic heterocycles. The molecule has 1 aromatic carbocycles. The normalized spacial score (nSPS) is 10.7. The van der Waals surface area contributed by atoms with Crippen LogP contribution in [0.2, 0.25) is 0 Å². The van der Waals surface area contributed by atoms with E-state index in [1.807, 2.05) is 36.4 Å². The van der Waals surface area contributed by atoms with Crippen LogP contribution in [-0.2, 0) is 13.0 Å². The summed E-state index contributed by atoms with van der Waals surface area (Å²) in [6, 6.07) is 16.2. The van der Waals surface area contributed by atoms with Gasteiger partial charge >= 0.3 is 0 Å². The van der Waals surface area contributed by atoms with Crippen LogP contribution < -0.4 is 0 Å². The van der Waals surface area contributed by atoms with Crippen molar-refractivity contribution in [1.82, 2.24) is 19.7 Å². The Morgan fingerprint density at radius 3 is 2.52 bits per heavy atom. The van der Waals surface area contributed by atoms with Crippen LogP contribution in [0.1, 0.15) is 18.3 Å². The van der Waals surface area contributed by atoms with Gasteiger partial charge in [-0.2, -0.15) is 0 Å². The van der Waals surface area contributed by atoms with Crippen molar-refractivity contribution in [1.29, 1.82) is 0 Å². The third-order valence-corrected chi connectivity index (χ3v) is 4.08. The summed E-state index contributed by atoms with van der Waals surface area (Å²) in [5.74, 6) is 0.988. The van der Waals surface area contributed by atoms with Crippen LogP contribution in [0.4, 0.5) is 0 Å². The second-order valence-corrected chi connectivity index (χ2v) is 5.56. The summed E-state index contributed by atoms with van der Waals surface area (Å²) in [5, 5.41) is 10.5.